The van der Waals surface area contributed by atoms with Crippen molar-refractivity contribution in [2.24, 2.45) is 0 Å². The second kappa shape index (κ2) is 9.11. The number of hydrogen-bond acceptors (Lipinski definition) is 1. The van der Waals surface area contributed by atoms with Crippen LogP contribution < -0.4 is 10.4 Å². The summed E-state index contributed by atoms with van der Waals surface area (Å²) in [7, 11) is -2.55. The number of benzene rings is 4. The third kappa shape index (κ3) is 4.15. The summed E-state index contributed by atoms with van der Waals surface area (Å²) in [5.41, 5.74) is 2.55. The van der Waals surface area contributed by atoms with E-state index in [0.29, 0.717) is 6.61 Å². The van der Waals surface area contributed by atoms with Gasteiger partial charge in [-0.3, -0.25) is 0 Å². The average Bonchev–Trinajstić information content (AvgIpc) is 2.80. The molecule has 4 aromatic rings. The van der Waals surface area contributed by atoms with Crippen LogP contribution in [0.3, 0.4) is 0 Å². The van der Waals surface area contributed by atoms with Crippen LogP contribution in [-0.4, -0.2) is 8.32 Å². The topological polar surface area (TPSA) is 9.23 Å². The highest BCUT2D eigenvalue weighted by Crippen LogP contribution is 2.38. The summed E-state index contributed by atoms with van der Waals surface area (Å²) in [6, 6.07) is 34.8. The Hall–Kier alpha value is -2.20. The van der Waals surface area contributed by atoms with Crippen LogP contribution in [0.15, 0.2) is 97.1 Å². The zero-order chi connectivity index (χ0) is 21.9. The zero-order valence-electron chi connectivity index (χ0n) is 18.4. The molecule has 0 aromatic heterocycles. The predicted molar refractivity (Wildman–Crippen MR) is 139 cm³/mol. The van der Waals surface area contributed by atoms with Gasteiger partial charge in [0.2, 0.25) is 0 Å². The normalized spacial score (nSPS) is 12.3. The molecule has 0 fully saturated rings. The van der Waals surface area contributed by atoms with Crippen molar-refractivity contribution in [2.75, 3.05) is 0 Å². The fourth-order valence-corrected chi connectivity index (χ4v) is 9.63. The van der Waals surface area contributed by atoms with E-state index in [2.05, 4.69) is 134 Å². The minimum atomic E-state index is -2.55. The Labute approximate surface area is 195 Å². The Morgan fingerprint density at radius 2 is 1.10 bits per heavy atom. The number of rotatable bonds is 6. The summed E-state index contributed by atoms with van der Waals surface area (Å²) < 4.78 is 7.16. The highest BCUT2D eigenvalue weighted by atomic mass is 79.9. The summed E-state index contributed by atoms with van der Waals surface area (Å²) in [6.45, 7) is 7.57. The van der Waals surface area contributed by atoms with Gasteiger partial charge in [0.1, 0.15) is 0 Å². The van der Waals surface area contributed by atoms with Crippen molar-refractivity contribution < 1.29 is 4.43 Å². The Morgan fingerprint density at radius 3 is 1.58 bits per heavy atom. The van der Waals surface area contributed by atoms with E-state index in [0.717, 1.165) is 5.33 Å². The van der Waals surface area contributed by atoms with Gasteiger partial charge in [-0.2, -0.15) is 0 Å². The van der Waals surface area contributed by atoms with Crippen LogP contribution in [0.25, 0.3) is 10.8 Å². The molecule has 0 heterocycles. The van der Waals surface area contributed by atoms with E-state index >= 15 is 0 Å². The first-order valence-corrected chi connectivity index (χ1v) is 13.8. The van der Waals surface area contributed by atoms with Crippen molar-refractivity contribution in [3.8, 4) is 0 Å². The van der Waals surface area contributed by atoms with E-state index in [1.165, 1.54) is 32.3 Å². The quantitative estimate of drug-likeness (QED) is 0.214. The van der Waals surface area contributed by atoms with Crippen molar-refractivity contribution in [3.63, 3.8) is 0 Å². The molecule has 0 aliphatic heterocycles. The van der Waals surface area contributed by atoms with Gasteiger partial charge in [0.25, 0.3) is 8.32 Å². The lowest BCUT2D eigenvalue weighted by molar-refractivity contribution is 0.287. The van der Waals surface area contributed by atoms with E-state index < -0.39 is 8.32 Å². The fraction of sp³-hybridized carbons (Fsp3) is 0.214. The van der Waals surface area contributed by atoms with Crippen molar-refractivity contribution >= 4 is 45.4 Å². The fourth-order valence-electron chi connectivity index (χ4n) is 4.61. The Kier molecular flexibility index (Phi) is 6.47. The predicted octanol–water partition coefficient (Wildman–Crippen LogP) is 6.81. The number of alkyl halides is 1. The van der Waals surface area contributed by atoms with Crippen LogP contribution in [-0.2, 0) is 16.4 Å². The van der Waals surface area contributed by atoms with Crippen LogP contribution in [0.2, 0.25) is 5.04 Å². The number of fused-ring (bicyclic) bond motifs is 1. The molecular formula is C28H29BrOSi. The molecule has 3 heteroatoms. The lowest BCUT2D eigenvalue weighted by atomic mass is 10.0. The van der Waals surface area contributed by atoms with Crippen molar-refractivity contribution in [3.05, 3.63) is 108 Å². The maximum atomic E-state index is 7.16. The first-order valence-electron chi connectivity index (χ1n) is 10.8. The number of hydrogen-bond donors (Lipinski definition) is 0. The molecule has 158 valence electrons. The molecule has 0 bridgehead atoms. The minimum absolute atomic E-state index is 0.0265. The lowest BCUT2D eigenvalue weighted by Gasteiger charge is -2.43. The molecule has 0 spiro atoms. The largest absolute Gasteiger partial charge is 0.403 e. The SMILES string of the molecule is CC(C)(C)[Si](OCc1ccc(CBr)c2ccccc12)(c1ccccc1)c1ccccc1. The van der Waals surface area contributed by atoms with Crippen molar-refractivity contribution in [1.29, 1.82) is 0 Å². The van der Waals surface area contributed by atoms with Crippen molar-refractivity contribution in [1.82, 2.24) is 0 Å². The van der Waals surface area contributed by atoms with Gasteiger partial charge in [0.15, 0.2) is 0 Å². The second-order valence-electron chi connectivity index (χ2n) is 9.01. The summed E-state index contributed by atoms with van der Waals surface area (Å²) in [6.07, 6.45) is 0. The molecular weight excluding hydrogens is 460 g/mol. The van der Waals surface area contributed by atoms with Gasteiger partial charge >= 0.3 is 0 Å². The Balaban J connectivity index is 1.85. The second-order valence-corrected chi connectivity index (χ2v) is 13.9. The highest BCUT2D eigenvalue weighted by molar-refractivity contribution is 9.08. The Bertz CT molecular complexity index is 1110. The summed E-state index contributed by atoms with van der Waals surface area (Å²) >= 11 is 3.64. The monoisotopic (exact) mass is 488 g/mol. The molecule has 0 aliphatic rings. The number of halogens is 1. The van der Waals surface area contributed by atoms with E-state index in [1.54, 1.807) is 0 Å². The molecule has 31 heavy (non-hydrogen) atoms. The molecule has 4 rings (SSSR count). The van der Waals surface area contributed by atoms with Gasteiger partial charge in [-0.05, 0) is 37.3 Å². The van der Waals surface area contributed by atoms with Gasteiger partial charge in [-0.25, -0.2) is 0 Å². The first-order chi connectivity index (χ1) is 15.0. The lowest BCUT2D eigenvalue weighted by Crippen LogP contribution is -2.66. The van der Waals surface area contributed by atoms with Crippen LogP contribution in [0.4, 0.5) is 0 Å². The first kappa shape index (κ1) is 22.0. The smallest absolute Gasteiger partial charge is 0.261 e. The van der Waals surface area contributed by atoms with Crippen LogP contribution in [0.1, 0.15) is 31.9 Å². The molecule has 0 atom stereocenters. The van der Waals surface area contributed by atoms with Crippen LogP contribution >= 0.6 is 15.9 Å². The summed E-state index contributed by atoms with van der Waals surface area (Å²) in [5.74, 6) is 0. The molecule has 0 unspecified atom stereocenters. The van der Waals surface area contributed by atoms with Gasteiger partial charge < -0.3 is 4.43 Å². The molecule has 0 N–H and O–H groups in total. The average molecular weight is 490 g/mol. The zero-order valence-corrected chi connectivity index (χ0v) is 21.0. The molecule has 0 aliphatic carbocycles. The van der Waals surface area contributed by atoms with E-state index in [-0.39, 0.29) is 5.04 Å². The maximum absolute atomic E-state index is 7.16. The molecule has 1 nitrogen and oxygen atoms in total. The van der Waals surface area contributed by atoms with Crippen LogP contribution in [0.5, 0.6) is 0 Å². The van der Waals surface area contributed by atoms with Gasteiger partial charge in [-0.1, -0.05) is 134 Å². The van der Waals surface area contributed by atoms with E-state index in [9.17, 15) is 0 Å². The van der Waals surface area contributed by atoms with Gasteiger partial charge in [0.05, 0.1) is 6.61 Å². The molecule has 0 radical (unpaired) electrons. The van der Waals surface area contributed by atoms with Crippen LogP contribution in [0, 0.1) is 0 Å². The minimum Gasteiger partial charge on any atom is -0.403 e. The molecule has 0 saturated carbocycles. The Morgan fingerprint density at radius 1 is 0.645 bits per heavy atom. The van der Waals surface area contributed by atoms with E-state index in [4.69, 9.17) is 4.43 Å². The third-order valence-corrected chi connectivity index (χ3v) is 11.7. The summed E-state index contributed by atoms with van der Waals surface area (Å²) in [4.78, 5) is 0. The maximum Gasteiger partial charge on any atom is 0.261 e. The molecule has 0 amide bonds. The summed E-state index contributed by atoms with van der Waals surface area (Å²) in [5, 5.41) is 6.02. The third-order valence-electron chi connectivity index (χ3n) is 6.11. The van der Waals surface area contributed by atoms with Crippen molar-refractivity contribution in [2.45, 2.75) is 37.7 Å². The van der Waals surface area contributed by atoms with E-state index in [1.807, 2.05) is 0 Å². The van der Waals surface area contributed by atoms with Gasteiger partial charge in [0, 0.05) is 5.33 Å². The standard InChI is InChI=1S/C28H29BrOSi/c1-28(2,3)31(24-12-6-4-7-13-24,25-14-8-5-9-15-25)30-21-23-19-18-22(20-29)26-16-10-11-17-27(23)26/h4-19H,20-21H2,1-3H3. The highest BCUT2D eigenvalue weighted by Gasteiger charge is 2.50. The molecule has 0 saturated heterocycles. The molecule has 4 aromatic carbocycles. The van der Waals surface area contributed by atoms with Gasteiger partial charge in [-0.15, -0.1) is 0 Å².